The van der Waals surface area contributed by atoms with Gasteiger partial charge in [-0.05, 0) is 64.8 Å². The molecule has 0 aromatic heterocycles. The summed E-state index contributed by atoms with van der Waals surface area (Å²) in [5, 5.41) is 0.698. The van der Waals surface area contributed by atoms with Crippen molar-refractivity contribution in [2.24, 2.45) is 9.36 Å². The summed E-state index contributed by atoms with van der Waals surface area (Å²) in [7, 11) is -0.465. The third-order valence-electron chi connectivity index (χ3n) is 4.42. The fourth-order valence-electron chi connectivity index (χ4n) is 2.98. The Labute approximate surface area is 185 Å². The van der Waals surface area contributed by atoms with E-state index in [1.54, 1.807) is 0 Å². The van der Waals surface area contributed by atoms with E-state index in [9.17, 15) is 0 Å². The van der Waals surface area contributed by atoms with Gasteiger partial charge >= 0.3 is 0 Å². The van der Waals surface area contributed by atoms with Gasteiger partial charge in [-0.2, -0.15) is 0 Å². The predicted molar refractivity (Wildman–Crippen MR) is 128 cm³/mol. The zero-order valence-corrected chi connectivity index (χ0v) is 17.9. The van der Waals surface area contributed by atoms with E-state index >= 15 is 0 Å². The average molecular weight is 429 g/mol. The molecular formula is C26H21ClN2S. The summed E-state index contributed by atoms with van der Waals surface area (Å²) in [5.41, 5.74) is 2.03. The molecule has 4 aromatic rings. The van der Waals surface area contributed by atoms with Gasteiger partial charge in [0.2, 0.25) is 0 Å². The number of halogens is 1. The molecule has 0 atom stereocenters. The minimum atomic E-state index is -0.465. The van der Waals surface area contributed by atoms with Crippen molar-refractivity contribution < 1.29 is 0 Å². The van der Waals surface area contributed by atoms with Gasteiger partial charge in [-0.3, -0.25) is 0 Å². The summed E-state index contributed by atoms with van der Waals surface area (Å²) in [6.07, 6.45) is 0.659. The minimum Gasteiger partial charge on any atom is -0.233 e. The van der Waals surface area contributed by atoms with Crippen LogP contribution in [-0.2, 0) is 17.1 Å². The quantitative estimate of drug-likeness (QED) is 0.232. The Morgan fingerprint density at radius 1 is 0.633 bits per heavy atom. The lowest BCUT2D eigenvalue weighted by Crippen LogP contribution is -2.04. The second-order valence-corrected chi connectivity index (χ2v) is 8.80. The van der Waals surface area contributed by atoms with Crippen LogP contribution in [0.2, 0.25) is 5.02 Å². The largest absolute Gasteiger partial charge is 0.233 e. The standard InChI is InChI=1S/C26H21ClN2S/c27-22-16-18-23(19-17-22)28-26(20-21-10-4-1-5-11-21)29-30(24-12-6-2-7-13-24)25-14-8-3-9-15-25/h1-19H,20H2. The van der Waals surface area contributed by atoms with Gasteiger partial charge in [0.25, 0.3) is 0 Å². The van der Waals surface area contributed by atoms with Crippen molar-refractivity contribution in [3.05, 3.63) is 126 Å². The van der Waals surface area contributed by atoms with E-state index in [2.05, 4.69) is 60.7 Å². The Bertz CT molecular complexity index is 1100. The summed E-state index contributed by atoms with van der Waals surface area (Å²) in [5.74, 6) is 0.791. The number of hydrogen-bond donors (Lipinski definition) is 0. The van der Waals surface area contributed by atoms with Crippen LogP contribution >= 0.6 is 11.6 Å². The molecule has 0 aliphatic heterocycles. The number of benzene rings is 4. The normalized spacial score (nSPS) is 11.5. The van der Waals surface area contributed by atoms with Crippen molar-refractivity contribution in [1.29, 1.82) is 0 Å². The lowest BCUT2D eigenvalue weighted by Gasteiger charge is -2.11. The Morgan fingerprint density at radius 2 is 1.13 bits per heavy atom. The van der Waals surface area contributed by atoms with Gasteiger partial charge in [-0.15, -0.1) is 0 Å². The smallest absolute Gasteiger partial charge is 0.141 e. The van der Waals surface area contributed by atoms with E-state index in [4.69, 9.17) is 21.0 Å². The highest BCUT2D eigenvalue weighted by Crippen LogP contribution is 2.22. The second kappa shape index (κ2) is 10.1. The summed E-state index contributed by atoms with van der Waals surface area (Å²) in [4.78, 5) is 7.22. The number of rotatable bonds is 5. The van der Waals surface area contributed by atoms with Crippen molar-refractivity contribution >= 4 is 33.8 Å². The van der Waals surface area contributed by atoms with E-state index in [1.165, 1.54) is 15.4 Å². The lowest BCUT2D eigenvalue weighted by molar-refractivity contribution is 1.27. The van der Waals surface area contributed by atoms with Gasteiger partial charge in [0.05, 0.1) is 5.69 Å². The number of nitrogens with zero attached hydrogens (tertiary/aromatic N) is 2. The predicted octanol–water partition coefficient (Wildman–Crippen LogP) is 7.53. The average Bonchev–Trinajstić information content (AvgIpc) is 2.81. The van der Waals surface area contributed by atoms with Crippen LogP contribution in [0.3, 0.4) is 0 Å². The van der Waals surface area contributed by atoms with E-state index in [-0.39, 0.29) is 0 Å². The Kier molecular flexibility index (Phi) is 6.86. The van der Waals surface area contributed by atoms with Crippen molar-refractivity contribution in [3.8, 4) is 0 Å². The topological polar surface area (TPSA) is 24.7 Å². The monoisotopic (exact) mass is 428 g/mol. The first-order valence-electron chi connectivity index (χ1n) is 9.71. The third-order valence-corrected chi connectivity index (χ3v) is 6.50. The maximum absolute atomic E-state index is 6.05. The van der Waals surface area contributed by atoms with Gasteiger partial charge in [-0.25, -0.2) is 9.36 Å². The molecule has 0 saturated carbocycles. The van der Waals surface area contributed by atoms with Gasteiger partial charge in [0.15, 0.2) is 0 Å². The molecule has 0 radical (unpaired) electrons. The Morgan fingerprint density at radius 3 is 1.67 bits per heavy atom. The highest BCUT2D eigenvalue weighted by atomic mass is 35.5. The molecule has 0 unspecified atom stereocenters. The SMILES string of the molecule is Clc1ccc(N=C(Cc2ccccc2)N=S(c2ccccc2)c2ccccc2)cc1. The van der Waals surface area contributed by atoms with Crippen LogP contribution in [0.15, 0.2) is 134 Å². The maximum atomic E-state index is 6.05. The fourth-order valence-corrected chi connectivity index (χ4v) is 4.74. The molecule has 4 aromatic carbocycles. The van der Waals surface area contributed by atoms with Crippen LogP contribution < -0.4 is 0 Å². The minimum absolute atomic E-state index is 0.465. The van der Waals surface area contributed by atoms with E-state index in [1.807, 2.05) is 54.6 Å². The van der Waals surface area contributed by atoms with Crippen molar-refractivity contribution in [3.63, 3.8) is 0 Å². The molecule has 0 bridgehead atoms. The van der Waals surface area contributed by atoms with E-state index in [0.29, 0.717) is 11.4 Å². The molecule has 30 heavy (non-hydrogen) atoms. The fraction of sp³-hybridized carbons (Fsp3) is 0.0385. The zero-order chi connectivity index (χ0) is 20.6. The van der Waals surface area contributed by atoms with Crippen LogP contribution in [0.1, 0.15) is 5.56 Å². The molecule has 0 aliphatic carbocycles. The molecule has 4 heteroatoms. The number of hydrogen-bond acceptors (Lipinski definition) is 1. The summed E-state index contributed by atoms with van der Waals surface area (Å²) < 4.78 is 5.17. The molecule has 0 fully saturated rings. The van der Waals surface area contributed by atoms with Crippen LogP contribution in [0.4, 0.5) is 5.69 Å². The maximum Gasteiger partial charge on any atom is 0.141 e. The molecular weight excluding hydrogens is 408 g/mol. The number of aliphatic imine (C=N–C) groups is 1. The first-order chi connectivity index (χ1) is 14.8. The van der Waals surface area contributed by atoms with Gasteiger partial charge in [-0.1, -0.05) is 78.3 Å². The molecule has 148 valence electrons. The van der Waals surface area contributed by atoms with Crippen LogP contribution in [0.25, 0.3) is 0 Å². The second-order valence-electron chi connectivity index (χ2n) is 6.67. The highest BCUT2D eigenvalue weighted by molar-refractivity contribution is 7.87. The first-order valence-corrected chi connectivity index (χ1v) is 11.3. The summed E-state index contributed by atoms with van der Waals surface area (Å²) >= 11 is 6.05. The Balaban J connectivity index is 1.82. The van der Waals surface area contributed by atoms with Gasteiger partial charge in [0, 0.05) is 21.2 Å². The van der Waals surface area contributed by atoms with Crippen LogP contribution in [0.5, 0.6) is 0 Å². The molecule has 0 spiro atoms. The van der Waals surface area contributed by atoms with E-state index in [0.717, 1.165) is 11.5 Å². The highest BCUT2D eigenvalue weighted by Gasteiger charge is 2.08. The molecule has 0 aliphatic rings. The molecule has 0 heterocycles. The Hall–Kier alpha value is -3.01. The van der Waals surface area contributed by atoms with Crippen molar-refractivity contribution in [2.75, 3.05) is 0 Å². The molecule has 0 saturated heterocycles. The lowest BCUT2D eigenvalue weighted by atomic mass is 10.1. The van der Waals surface area contributed by atoms with E-state index < -0.39 is 10.7 Å². The van der Waals surface area contributed by atoms with Crippen molar-refractivity contribution in [1.82, 2.24) is 0 Å². The molecule has 2 nitrogen and oxygen atoms in total. The molecule has 0 N–H and O–H groups in total. The summed E-state index contributed by atoms with van der Waals surface area (Å²) in [6.45, 7) is 0. The van der Waals surface area contributed by atoms with Crippen molar-refractivity contribution in [2.45, 2.75) is 16.2 Å². The number of amidine groups is 1. The van der Waals surface area contributed by atoms with Gasteiger partial charge in [0.1, 0.15) is 5.84 Å². The molecule has 4 rings (SSSR count). The van der Waals surface area contributed by atoms with Gasteiger partial charge < -0.3 is 0 Å². The third kappa shape index (κ3) is 5.53. The van der Waals surface area contributed by atoms with Crippen LogP contribution in [0, 0.1) is 0 Å². The molecule has 0 amide bonds. The van der Waals surface area contributed by atoms with Crippen LogP contribution in [-0.4, -0.2) is 5.84 Å². The zero-order valence-electron chi connectivity index (χ0n) is 16.4. The summed E-state index contributed by atoms with van der Waals surface area (Å²) in [6, 6.07) is 38.7. The first kappa shape index (κ1) is 20.3.